The minimum atomic E-state index is -4.68. The molecule has 3 heterocycles. The molecule has 2 aromatic rings. The molecule has 0 radical (unpaired) electrons. The molecule has 27 heavy (non-hydrogen) atoms. The normalized spacial score (nSPS) is 22.6. The fourth-order valence-corrected chi connectivity index (χ4v) is 3.24. The molecular weight excluding hydrogens is 367 g/mol. The summed E-state index contributed by atoms with van der Waals surface area (Å²) in [6, 6.07) is 7.05. The van der Waals surface area contributed by atoms with Crippen molar-refractivity contribution in [2.75, 3.05) is 19.7 Å². The quantitative estimate of drug-likeness (QED) is 0.794. The topological polar surface area (TPSA) is 77.7 Å². The van der Waals surface area contributed by atoms with E-state index in [1.807, 2.05) is 0 Å². The monoisotopic (exact) mass is 383 g/mol. The van der Waals surface area contributed by atoms with Crippen molar-refractivity contribution in [1.82, 2.24) is 15.1 Å². The highest BCUT2D eigenvalue weighted by Gasteiger charge is 2.40. The smallest absolute Gasteiger partial charge is 0.470 e. The van der Waals surface area contributed by atoms with E-state index < -0.39 is 24.1 Å². The zero-order valence-corrected chi connectivity index (χ0v) is 14.1. The Balaban J connectivity index is 1.44. The Hall–Kier alpha value is -2.78. The van der Waals surface area contributed by atoms with Crippen molar-refractivity contribution >= 4 is 5.91 Å². The standard InChI is InChI=1S/C17H16F3N3O4/c18-17(19,20)16-22-21-14(27-16)10-4-3-7-23(8-10)15(24)13-9-25-11-5-1-2-6-12(11)26-13/h1-2,5-6,10,13H,3-4,7-9H2. The van der Waals surface area contributed by atoms with Gasteiger partial charge >= 0.3 is 12.1 Å². The van der Waals surface area contributed by atoms with Crippen LogP contribution in [0.5, 0.6) is 11.5 Å². The molecule has 1 saturated heterocycles. The molecule has 0 aliphatic carbocycles. The number of fused-ring (bicyclic) bond motifs is 1. The van der Waals surface area contributed by atoms with Gasteiger partial charge in [0.1, 0.15) is 6.61 Å². The number of benzene rings is 1. The highest BCUT2D eigenvalue weighted by Crippen LogP contribution is 2.34. The van der Waals surface area contributed by atoms with Crippen LogP contribution in [0.2, 0.25) is 0 Å². The van der Waals surface area contributed by atoms with E-state index in [2.05, 4.69) is 10.2 Å². The minimum absolute atomic E-state index is 0.0792. The second-order valence-electron chi connectivity index (χ2n) is 6.43. The molecule has 1 aromatic carbocycles. The van der Waals surface area contributed by atoms with Crippen molar-refractivity contribution in [3.8, 4) is 11.5 Å². The fourth-order valence-electron chi connectivity index (χ4n) is 3.24. The molecule has 2 unspecified atom stereocenters. The van der Waals surface area contributed by atoms with Gasteiger partial charge in [-0.1, -0.05) is 12.1 Å². The molecule has 2 aliphatic heterocycles. The first-order valence-corrected chi connectivity index (χ1v) is 8.49. The molecule has 0 bridgehead atoms. The maximum absolute atomic E-state index is 12.8. The number of aromatic nitrogens is 2. The predicted molar refractivity (Wildman–Crippen MR) is 84.2 cm³/mol. The van der Waals surface area contributed by atoms with Crippen molar-refractivity contribution < 1.29 is 31.9 Å². The first-order chi connectivity index (χ1) is 12.9. The zero-order chi connectivity index (χ0) is 19.0. The Kier molecular flexibility index (Phi) is 4.40. The number of piperidine rings is 1. The summed E-state index contributed by atoms with van der Waals surface area (Å²) in [4.78, 5) is 14.3. The largest absolute Gasteiger partial charge is 0.485 e. The number of ether oxygens (including phenoxy) is 2. The number of amides is 1. The maximum atomic E-state index is 12.8. The number of nitrogens with zero attached hydrogens (tertiary/aromatic N) is 3. The summed E-state index contributed by atoms with van der Waals surface area (Å²) in [5, 5.41) is 6.57. The number of carbonyl (C=O) groups excluding carboxylic acids is 1. The van der Waals surface area contributed by atoms with Crippen LogP contribution in [0.25, 0.3) is 0 Å². The average Bonchev–Trinajstić information content (AvgIpc) is 3.18. The lowest BCUT2D eigenvalue weighted by atomic mass is 9.97. The van der Waals surface area contributed by atoms with Crippen LogP contribution in [-0.2, 0) is 11.0 Å². The van der Waals surface area contributed by atoms with E-state index in [0.717, 1.165) is 0 Å². The number of hydrogen-bond acceptors (Lipinski definition) is 6. The molecule has 1 aromatic heterocycles. The summed E-state index contributed by atoms with van der Waals surface area (Å²) in [5.41, 5.74) is 0. The number of para-hydroxylation sites is 2. The van der Waals surface area contributed by atoms with E-state index in [9.17, 15) is 18.0 Å². The Morgan fingerprint density at radius 3 is 2.70 bits per heavy atom. The van der Waals surface area contributed by atoms with Gasteiger partial charge in [-0.15, -0.1) is 10.2 Å². The van der Waals surface area contributed by atoms with Crippen LogP contribution in [0.3, 0.4) is 0 Å². The number of rotatable bonds is 2. The summed E-state index contributed by atoms with van der Waals surface area (Å²) in [6.07, 6.45) is -4.30. The maximum Gasteiger partial charge on any atom is 0.470 e. The average molecular weight is 383 g/mol. The van der Waals surface area contributed by atoms with Gasteiger partial charge in [0.05, 0.1) is 5.92 Å². The van der Waals surface area contributed by atoms with Gasteiger partial charge in [0.25, 0.3) is 5.91 Å². The first-order valence-electron chi connectivity index (χ1n) is 8.49. The lowest BCUT2D eigenvalue weighted by Gasteiger charge is -2.35. The molecule has 2 atom stereocenters. The third-order valence-electron chi connectivity index (χ3n) is 4.55. The summed E-state index contributed by atoms with van der Waals surface area (Å²) < 4.78 is 54.0. The van der Waals surface area contributed by atoms with E-state index >= 15 is 0 Å². The molecule has 0 N–H and O–H groups in total. The molecular formula is C17H16F3N3O4. The van der Waals surface area contributed by atoms with Gasteiger partial charge in [-0.25, -0.2) is 0 Å². The molecule has 0 spiro atoms. The number of carbonyl (C=O) groups is 1. The third-order valence-corrected chi connectivity index (χ3v) is 4.55. The van der Waals surface area contributed by atoms with Crippen molar-refractivity contribution in [2.24, 2.45) is 0 Å². The molecule has 2 aliphatic rings. The van der Waals surface area contributed by atoms with E-state index in [1.165, 1.54) is 0 Å². The molecule has 4 rings (SSSR count). The lowest BCUT2D eigenvalue weighted by Crippen LogP contribution is -2.49. The highest BCUT2D eigenvalue weighted by molar-refractivity contribution is 5.82. The van der Waals surface area contributed by atoms with Crippen LogP contribution in [0.1, 0.15) is 30.5 Å². The highest BCUT2D eigenvalue weighted by atomic mass is 19.4. The molecule has 10 heteroatoms. The van der Waals surface area contributed by atoms with Gasteiger partial charge in [0, 0.05) is 13.1 Å². The SMILES string of the molecule is O=C(C1COc2ccccc2O1)N1CCCC(c2nnc(C(F)(F)F)o2)C1. The number of likely N-dealkylation sites (tertiary alicyclic amines) is 1. The minimum Gasteiger partial charge on any atom is -0.485 e. The molecule has 1 fully saturated rings. The lowest BCUT2D eigenvalue weighted by molar-refractivity contribution is -0.158. The first kappa shape index (κ1) is 17.6. The second-order valence-corrected chi connectivity index (χ2v) is 6.43. The Labute approximate surface area is 152 Å². The van der Waals surface area contributed by atoms with Gasteiger partial charge in [-0.05, 0) is 25.0 Å². The van der Waals surface area contributed by atoms with E-state index in [-0.39, 0.29) is 24.9 Å². The fraction of sp³-hybridized carbons (Fsp3) is 0.471. The molecule has 144 valence electrons. The van der Waals surface area contributed by atoms with Crippen LogP contribution in [-0.4, -0.2) is 46.8 Å². The van der Waals surface area contributed by atoms with Crippen LogP contribution >= 0.6 is 0 Å². The van der Waals surface area contributed by atoms with Crippen LogP contribution in [0, 0.1) is 0 Å². The van der Waals surface area contributed by atoms with Gasteiger partial charge in [-0.3, -0.25) is 4.79 Å². The second kappa shape index (κ2) is 6.75. The third kappa shape index (κ3) is 3.56. The van der Waals surface area contributed by atoms with Gasteiger partial charge < -0.3 is 18.8 Å². The van der Waals surface area contributed by atoms with Crippen LogP contribution in [0.15, 0.2) is 28.7 Å². The van der Waals surface area contributed by atoms with Gasteiger partial charge in [0.15, 0.2) is 11.5 Å². The summed E-state index contributed by atoms with van der Waals surface area (Å²) in [5.74, 6) is -1.13. The van der Waals surface area contributed by atoms with Gasteiger partial charge in [-0.2, -0.15) is 13.2 Å². The molecule has 0 saturated carbocycles. The predicted octanol–water partition coefficient (Wildman–Crippen LogP) is 2.63. The number of halogens is 3. The van der Waals surface area contributed by atoms with Crippen molar-refractivity contribution in [3.05, 3.63) is 36.0 Å². The van der Waals surface area contributed by atoms with Crippen molar-refractivity contribution in [3.63, 3.8) is 0 Å². The van der Waals surface area contributed by atoms with Gasteiger partial charge in [0.2, 0.25) is 12.0 Å². The summed E-state index contributed by atoms with van der Waals surface area (Å²) in [7, 11) is 0. The van der Waals surface area contributed by atoms with Crippen LogP contribution in [0.4, 0.5) is 13.2 Å². The van der Waals surface area contributed by atoms with E-state index in [4.69, 9.17) is 13.9 Å². The molecule has 1 amide bonds. The van der Waals surface area contributed by atoms with E-state index in [0.29, 0.717) is 30.9 Å². The number of alkyl halides is 3. The molecule has 7 nitrogen and oxygen atoms in total. The van der Waals surface area contributed by atoms with E-state index in [1.54, 1.807) is 29.2 Å². The van der Waals surface area contributed by atoms with Crippen LogP contribution < -0.4 is 9.47 Å². The zero-order valence-electron chi connectivity index (χ0n) is 14.1. The Morgan fingerprint density at radius 2 is 1.96 bits per heavy atom. The number of hydrogen-bond donors (Lipinski definition) is 0. The Bertz CT molecular complexity index is 839. The Morgan fingerprint density at radius 1 is 1.19 bits per heavy atom. The van der Waals surface area contributed by atoms with Crippen molar-refractivity contribution in [2.45, 2.75) is 31.0 Å². The van der Waals surface area contributed by atoms with Crippen molar-refractivity contribution in [1.29, 1.82) is 0 Å². The summed E-state index contributed by atoms with van der Waals surface area (Å²) in [6.45, 7) is 0.757. The summed E-state index contributed by atoms with van der Waals surface area (Å²) >= 11 is 0.